The molecule has 0 bridgehead atoms. The first kappa shape index (κ1) is 15.8. The van der Waals surface area contributed by atoms with Crippen molar-refractivity contribution in [2.45, 2.75) is 37.8 Å². The topological polar surface area (TPSA) is 83.4 Å². The van der Waals surface area contributed by atoms with E-state index in [1.807, 2.05) is 6.92 Å². The Bertz CT molecular complexity index is 402. The number of aromatic nitrogens is 2. The van der Waals surface area contributed by atoms with E-state index >= 15 is 0 Å². The molecule has 0 aromatic carbocycles. The van der Waals surface area contributed by atoms with Gasteiger partial charge in [0.25, 0.3) is 0 Å². The van der Waals surface area contributed by atoms with Crippen LogP contribution in [-0.4, -0.2) is 42.0 Å². The van der Waals surface area contributed by atoms with Crippen LogP contribution in [0.15, 0.2) is 4.52 Å². The summed E-state index contributed by atoms with van der Waals surface area (Å²) in [5.41, 5.74) is 5.59. The molecule has 0 amide bonds. The minimum Gasteiger partial charge on any atom is -0.381 e. The van der Waals surface area contributed by atoms with E-state index < -0.39 is 5.60 Å². The molecule has 1 fully saturated rings. The van der Waals surface area contributed by atoms with Crippen LogP contribution in [0.3, 0.4) is 0 Å². The number of rotatable bonds is 7. The van der Waals surface area contributed by atoms with Crippen LogP contribution >= 0.6 is 11.8 Å². The van der Waals surface area contributed by atoms with Crippen molar-refractivity contribution in [1.29, 1.82) is 0 Å². The van der Waals surface area contributed by atoms with Gasteiger partial charge in [0.1, 0.15) is 5.60 Å². The number of hydrogen-bond donors (Lipinski definition) is 1. The summed E-state index contributed by atoms with van der Waals surface area (Å²) in [6, 6.07) is -0.206. The third kappa shape index (κ3) is 3.52. The van der Waals surface area contributed by atoms with Crippen LogP contribution in [0, 0.1) is 0 Å². The Morgan fingerprint density at radius 3 is 2.85 bits per heavy atom. The molecule has 114 valence electrons. The highest BCUT2D eigenvalue weighted by Gasteiger charge is 2.40. The third-order valence-electron chi connectivity index (χ3n) is 3.52. The molecule has 7 heteroatoms. The van der Waals surface area contributed by atoms with Crippen molar-refractivity contribution < 1.29 is 14.0 Å². The van der Waals surface area contributed by atoms with Crippen molar-refractivity contribution in [2.24, 2.45) is 5.73 Å². The first-order chi connectivity index (χ1) is 9.72. The van der Waals surface area contributed by atoms with E-state index in [0.29, 0.717) is 31.5 Å². The second-order valence-electron chi connectivity index (χ2n) is 4.88. The first-order valence-corrected chi connectivity index (χ1v) is 8.41. The van der Waals surface area contributed by atoms with E-state index in [-0.39, 0.29) is 6.04 Å². The van der Waals surface area contributed by atoms with Crippen LogP contribution in [-0.2, 0) is 15.1 Å². The lowest BCUT2D eigenvalue weighted by molar-refractivity contribution is -0.118. The molecular formula is C13H23N3O3S. The zero-order chi connectivity index (χ0) is 14.4. The number of nitrogens with zero attached hydrogens (tertiary/aromatic N) is 2. The summed E-state index contributed by atoms with van der Waals surface area (Å²) in [6.45, 7) is 3.90. The minimum atomic E-state index is -0.478. The van der Waals surface area contributed by atoms with Gasteiger partial charge in [-0.15, -0.1) is 0 Å². The Labute approximate surface area is 123 Å². The van der Waals surface area contributed by atoms with Crippen LogP contribution in [0.5, 0.6) is 0 Å². The maximum atomic E-state index is 6.07. The molecule has 2 rings (SSSR count). The van der Waals surface area contributed by atoms with Crippen molar-refractivity contribution in [3.63, 3.8) is 0 Å². The van der Waals surface area contributed by atoms with E-state index in [1.165, 1.54) is 0 Å². The summed E-state index contributed by atoms with van der Waals surface area (Å²) < 4.78 is 16.7. The summed E-state index contributed by atoms with van der Waals surface area (Å²) in [5.74, 6) is 2.08. The van der Waals surface area contributed by atoms with Crippen LogP contribution in [0.25, 0.3) is 0 Å². The molecule has 6 nitrogen and oxygen atoms in total. The largest absolute Gasteiger partial charge is 0.381 e. The van der Waals surface area contributed by atoms with Crippen LogP contribution in [0.2, 0.25) is 0 Å². The Kier molecular flexibility index (Phi) is 5.83. The third-order valence-corrected chi connectivity index (χ3v) is 4.16. The van der Waals surface area contributed by atoms with Gasteiger partial charge in [-0.3, -0.25) is 0 Å². The molecule has 0 saturated carbocycles. The monoisotopic (exact) mass is 301 g/mol. The van der Waals surface area contributed by atoms with Crippen molar-refractivity contribution >= 4 is 11.8 Å². The summed E-state index contributed by atoms with van der Waals surface area (Å²) in [4.78, 5) is 4.48. The second-order valence-corrected chi connectivity index (χ2v) is 5.87. The van der Waals surface area contributed by atoms with Gasteiger partial charge in [-0.05, 0) is 25.4 Å². The molecule has 1 aromatic heterocycles. The SMILES string of the molecule is CCOC1(c2noc([C@H](N)CCSC)n2)CCOCC1. The average molecular weight is 301 g/mol. The molecule has 1 aromatic rings. The molecule has 1 saturated heterocycles. The van der Waals surface area contributed by atoms with Gasteiger partial charge in [-0.1, -0.05) is 5.16 Å². The molecule has 2 N–H and O–H groups in total. The Morgan fingerprint density at radius 2 is 2.20 bits per heavy atom. The molecule has 0 spiro atoms. The van der Waals surface area contributed by atoms with Gasteiger partial charge < -0.3 is 19.7 Å². The molecule has 1 aliphatic rings. The highest BCUT2D eigenvalue weighted by Crippen LogP contribution is 2.34. The molecule has 0 radical (unpaired) electrons. The fourth-order valence-corrected chi connectivity index (χ4v) is 2.84. The highest BCUT2D eigenvalue weighted by molar-refractivity contribution is 7.98. The lowest BCUT2D eigenvalue weighted by atomic mass is 9.93. The Balaban J connectivity index is 2.12. The van der Waals surface area contributed by atoms with Crippen LogP contribution in [0.1, 0.15) is 43.9 Å². The fourth-order valence-electron chi connectivity index (χ4n) is 2.35. The Hall–Kier alpha value is -0.630. The predicted octanol–water partition coefficient (Wildman–Crippen LogP) is 1.86. The van der Waals surface area contributed by atoms with Crippen LogP contribution < -0.4 is 5.73 Å². The van der Waals surface area contributed by atoms with Gasteiger partial charge in [0.2, 0.25) is 11.7 Å². The maximum absolute atomic E-state index is 6.07. The van der Waals surface area contributed by atoms with Crippen LogP contribution in [0.4, 0.5) is 0 Å². The van der Waals surface area contributed by atoms with Crippen molar-refractivity contribution in [2.75, 3.05) is 31.8 Å². The molecule has 20 heavy (non-hydrogen) atoms. The normalized spacial score (nSPS) is 19.9. The summed E-state index contributed by atoms with van der Waals surface area (Å²) in [6.07, 6.45) is 4.38. The summed E-state index contributed by atoms with van der Waals surface area (Å²) in [5, 5.41) is 4.11. The van der Waals surface area contributed by atoms with E-state index in [2.05, 4.69) is 16.4 Å². The first-order valence-electron chi connectivity index (χ1n) is 7.02. The maximum Gasteiger partial charge on any atom is 0.243 e. The zero-order valence-electron chi connectivity index (χ0n) is 12.1. The summed E-state index contributed by atoms with van der Waals surface area (Å²) >= 11 is 1.76. The molecular weight excluding hydrogens is 278 g/mol. The van der Waals surface area contributed by atoms with Gasteiger partial charge in [0.15, 0.2) is 0 Å². The number of thioether (sulfide) groups is 1. The number of ether oxygens (including phenoxy) is 2. The molecule has 1 atom stereocenters. The average Bonchev–Trinajstić information content (AvgIpc) is 2.96. The molecule has 1 aliphatic heterocycles. The van der Waals surface area contributed by atoms with Gasteiger partial charge in [0, 0.05) is 32.7 Å². The van der Waals surface area contributed by atoms with Gasteiger partial charge in [-0.25, -0.2) is 0 Å². The lowest BCUT2D eigenvalue weighted by Crippen LogP contribution is -2.37. The summed E-state index contributed by atoms with van der Waals surface area (Å²) in [7, 11) is 0. The fraction of sp³-hybridized carbons (Fsp3) is 0.846. The minimum absolute atomic E-state index is 0.206. The van der Waals surface area contributed by atoms with Crippen molar-refractivity contribution in [3.8, 4) is 0 Å². The smallest absolute Gasteiger partial charge is 0.243 e. The van der Waals surface area contributed by atoms with E-state index in [0.717, 1.165) is 25.0 Å². The van der Waals surface area contributed by atoms with E-state index in [1.54, 1.807) is 11.8 Å². The molecule has 2 heterocycles. The zero-order valence-corrected chi connectivity index (χ0v) is 12.9. The predicted molar refractivity (Wildman–Crippen MR) is 77.6 cm³/mol. The molecule has 0 unspecified atom stereocenters. The molecule has 0 aliphatic carbocycles. The van der Waals surface area contributed by atoms with Gasteiger partial charge >= 0.3 is 0 Å². The highest BCUT2D eigenvalue weighted by atomic mass is 32.2. The van der Waals surface area contributed by atoms with Crippen molar-refractivity contribution in [3.05, 3.63) is 11.7 Å². The van der Waals surface area contributed by atoms with E-state index in [9.17, 15) is 0 Å². The van der Waals surface area contributed by atoms with Gasteiger partial charge in [0.05, 0.1) is 6.04 Å². The van der Waals surface area contributed by atoms with E-state index in [4.69, 9.17) is 19.7 Å². The number of hydrogen-bond acceptors (Lipinski definition) is 7. The Morgan fingerprint density at radius 1 is 1.45 bits per heavy atom. The lowest BCUT2D eigenvalue weighted by Gasteiger charge is -2.33. The quantitative estimate of drug-likeness (QED) is 0.823. The van der Waals surface area contributed by atoms with Gasteiger partial charge in [-0.2, -0.15) is 16.7 Å². The van der Waals surface area contributed by atoms with Crippen molar-refractivity contribution in [1.82, 2.24) is 10.1 Å². The second kappa shape index (κ2) is 7.40. The standard InChI is InChI=1S/C13H23N3O3S/c1-3-18-13(5-7-17-8-6-13)12-15-11(19-16-12)10(14)4-9-20-2/h10H,3-9,14H2,1-2H3/t10-/m1/s1. The number of nitrogens with two attached hydrogens (primary N) is 1.